The van der Waals surface area contributed by atoms with E-state index in [0.717, 1.165) is 17.0 Å². The van der Waals surface area contributed by atoms with E-state index in [1.807, 2.05) is 0 Å². The summed E-state index contributed by atoms with van der Waals surface area (Å²) >= 11 is 0. The zero-order valence-electron chi connectivity index (χ0n) is 24.4. The fraction of sp³-hybridized carbons (Fsp3) is 0.880. The number of quaternary nitrogens is 1. The Morgan fingerprint density at radius 3 is 1.39 bits per heavy atom. The van der Waals surface area contributed by atoms with Crippen LogP contribution in [-0.2, 0) is 29.6 Å². The SMILES string of the molecule is C=C(C)C(=O)OCCCCCCCC[N+](C)(C)CCCCCCCCC.O=S(=O)([N-]S(=O)(=O)C(F)(F)F)C(F)(F)F. The molecule has 0 amide bonds. The Hall–Kier alpha value is -1.39. The molecule has 0 radical (unpaired) electrons. The van der Waals surface area contributed by atoms with Crippen molar-refractivity contribution in [3.63, 3.8) is 0 Å². The van der Waals surface area contributed by atoms with Crippen LogP contribution in [0.4, 0.5) is 26.3 Å². The van der Waals surface area contributed by atoms with Gasteiger partial charge in [0.1, 0.15) is 0 Å². The van der Waals surface area contributed by atoms with Gasteiger partial charge in [0, 0.05) is 5.57 Å². The van der Waals surface area contributed by atoms with Crippen LogP contribution in [0.1, 0.15) is 97.3 Å². The highest BCUT2D eigenvalue weighted by Gasteiger charge is 2.46. The molecule has 0 aliphatic carbocycles. The molecule has 0 spiro atoms. The standard InChI is InChI=1S/C23H46NO2.C2F6NO4S2/c1-6-7-8-9-10-13-16-19-24(4,5)20-17-14-11-12-15-18-21-26-23(25)22(2)3;3-1(4,5)14(10,11)9-15(12,13)2(6,7)8/h2,6-21H2,1,3-5H3;/q+1;-1. The van der Waals surface area contributed by atoms with E-state index >= 15 is 0 Å². The van der Waals surface area contributed by atoms with E-state index < -0.39 is 31.1 Å². The number of carbonyl (C=O) groups is 1. The van der Waals surface area contributed by atoms with Crippen LogP contribution >= 0.6 is 0 Å². The van der Waals surface area contributed by atoms with Gasteiger partial charge in [0.2, 0.25) is 0 Å². The molecule has 0 aromatic rings. The molecule has 0 aromatic carbocycles. The molecular weight excluding hydrogens is 602 g/mol. The average molecular weight is 649 g/mol. The van der Waals surface area contributed by atoms with E-state index in [1.54, 1.807) is 6.92 Å². The summed E-state index contributed by atoms with van der Waals surface area (Å²) in [5.41, 5.74) is -11.9. The van der Waals surface area contributed by atoms with Gasteiger partial charge in [-0.15, -0.1) is 0 Å². The summed E-state index contributed by atoms with van der Waals surface area (Å²) in [5.74, 6) is -0.258. The van der Waals surface area contributed by atoms with Gasteiger partial charge in [-0.25, -0.2) is 21.6 Å². The van der Waals surface area contributed by atoms with Gasteiger partial charge in [-0.1, -0.05) is 64.9 Å². The zero-order chi connectivity index (χ0) is 32.4. The van der Waals surface area contributed by atoms with Crippen LogP contribution in [0.25, 0.3) is 4.13 Å². The molecule has 0 bridgehead atoms. The van der Waals surface area contributed by atoms with Crippen molar-refractivity contribution < 1.29 is 57.2 Å². The maximum Gasteiger partial charge on any atom is 0.480 e. The molecule has 0 saturated carbocycles. The lowest BCUT2D eigenvalue weighted by Gasteiger charge is -2.30. The minimum Gasteiger partial charge on any atom is -0.462 e. The Morgan fingerprint density at radius 2 is 1.05 bits per heavy atom. The van der Waals surface area contributed by atoms with Crippen molar-refractivity contribution in [1.82, 2.24) is 0 Å². The van der Waals surface area contributed by atoms with Crippen LogP contribution in [-0.4, -0.2) is 72.1 Å². The molecule has 41 heavy (non-hydrogen) atoms. The molecule has 0 heterocycles. The third-order valence-electron chi connectivity index (χ3n) is 5.89. The number of carbonyl (C=O) groups excluding carboxylic acids is 1. The molecule has 0 aliphatic rings. The Labute approximate surface area is 241 Å². The Balaban J connectivity index is 0. The summed E-state index contributed by atoms with van der Waals surface area (Å²) in [5, 5.41) is 0. The van der Waals surface area contributed by atoms with E-state index in [2.05, 4.69) is 27.6 Å². The molecule has 0 atom stereocenters. The first kappa shape index (κ1) is 41.7. The van der Waals surface area contributed by atoms with Crippen LogP contribution in [0.2, 0.25) is 0 Å². The molecule has 16 heteroatoms. The monoisotopic (exact) mass is 648 g/mol. The van der Waals surface area contributed by atoms with Crippen LogP contribution in [0.3, 0.4) is 0 Å². The second-order valence-electron chi connectivity index (χ2n) is 10.5. The second kappa shape index (κ2) is 19.7. The third-order valence-corrected chi connectivity index (χ3v) is 8.63. The largest absolute Gasteiger partial charge is 0.480 e. The maximum absolute atomic E-state index is 11.4. The molecule has 8 nitrogen and oxygen atoms in total. The van der Waals surface area contributed by atoms with Gasteiger partial charge in [0.05, 0.1) is 33.8 Å². The van der Waals surface area contributed by atoms with E-state index in [9.17, 15) is 48.0 Å². The molecule has 0 saturated heterocycles. The van der Waals surface area contributed by atoms with Gasteiger partial charge < -0.3 is 13.3 Å². The van der Waals surface area contributed by atoms with Crippen molar-refractivity contribution in [2.24, 2.45) is 0 Å². The van der Waals surface area contributed by atoms with Gasteiger partial charge >= 0.3 is 17.0 Å². The minimum atomic E-state index is -6.72. The predicted octanol–water partition coefficient (Wildman–Crippen LogP) is 7.33. The molecule has 0 rings (SSSR count). The van der Waals surface area contributed by atoms with Crippen LogP contribution in [0.5, 0.6) is 0 Å². The van der Waals surface area contributed by atoms with Crippen molar-refractivity contribution in [3.8, 4) is 0 Å². The second-order valence-corrected chi connectivity index (χ2v) is 13.9. The van der Waals surface area contributed by atoms with E-state index in [0.29, 0.717) is 12.2 Å². The maximum atomic E-state index is 11.4. The Kier molecular flexibility index (Phi) is 20.1. The summed E-state index contributed by atoms with van der Waals surface area (Å²) in [4.78, 5) is 11.2. The van der Waals surface area contributed by atoms with Crippen LogP contribution in [0.15, 0.2) is 12.2 Å². The van der Waals surface area contributed by atoms with Gasteiger partial charge in [-0.05, 0) is 39.0 Å². The number of sulfonamides is 2. The smallest absolute Gasteiger partial charge is 0.462 e. The predicted molar refractivity (Wildman–Crippen MR) is 147 cm³/mol. The topological polar surface area (TPSA) is 109 Å². The van der Waals surface area contributed by atoms with Crippen LogP contribution in [0, 0.1) is 0 Å². The molecule has 0 aliphatic heterocycles. The van der Waals surface area contributed by atoms with Crippen molar-refractivity contribution in [1.29, 1.82) is 0 Å². The van der Waals surface area contributed by atoms with E-state index in [1.165, 1.54) is 88.2 Å². The Bertz CT molecular complexity index is 924. The number of nitrogens with zero attached hydrogens (tertiary/aromatic N) is 2. The van der Waals surface area contributed by atoms with Crippen molar-refractivity contribution >= 4 is 26.0 Å². The molecule has 0 unspecified atom stereocenters. The fourth-order valence-corrected chi connectivity index (χ4v) is 5.17. The molecule has 246 valence electrons. The summed E-state index contributed by atoms with van der Waals surface area (Å²) < 4.78 is 115. The average Bonchev–Trinajstić information content (AvgIpc) is 2.80. The number of hydrogen-bond donors (Lipinski definition) is 0. The van der Waals surface area contributed by atoms with Crippen molar-refractivity contribution in [3.05, 3.63) is 16.3 Å². The number of hydrogen-bond acceptors (Lipinski definition) is 6. The summed E-state index contributed by atoms with van der Waals surface area (Å²) in [6.07, 6.45) is 17.1. The molecule has 0 aromatic heterocycles. The molecular formula is C25H46F6N2O6S2. The summed E-state index contributed by atoms with van der Waals surface area (Å²) in [6.45, 7) is 10.7. The lowest BCUT2D eigenvalue weighted by atomic mass is 10.1. The first-order chi connectivity index (χ1) is 18.6. The highest BCUT2D eigenvalue weighted by Crippen LogP contribution is 2.36. The van der Waals surface area contributed by atoms with Gasteiger partial charge in [0.25, 0.3) is 0 Å². The minimum absolute atomic E-state index is 0.258. The number of unbranched alkanes of at least 4 members (excludes halogenated alkanes) is 11. The number of ether oxygens (including phenoxy) is 1. The normalized spacial score (nSPS) is 12.9. The third kappa shape index (κ3) is 21.0. The number of alkyl halides is 6. The highest BCUT2D eigenvalue weighted by molar-refractivity contribution is 8.13. The van der Waals surface area contributed by atoms with Gasteiger partial charge in [0.15, 0.2) is 20.0 Å². The summed E-state index contributed by atoms with van der Waals surface area (Å²) in [7, 11) is -8.68. The summed E-state index contributed by atoms with van der Waals surface area (Å²) in [6, 6.07) is 0. The first-order valence-corrected chi connectivity index (χ1v) is 16.5. The van der Waals surface area contributed by atoms with E-state index in [-0.39, 0.29) is 5.97 Å². The van der Waals surface area contributed by atoms with Crippen LogP contribution < -0.4 is 0 Å². The fourth-order valence-electron chi connectivity index (χ4n) is 3.46. The Morgan fingerprint density at radius 1 is 0.707 bits per heavy atom. The number of rotatable bonds is 20. The quantitative estimate of drug-likeness (QED) is 0.0450. The number of esters is 1. The lowest BCUT2D eigenvalue weighted by Crippen LogP contribution is -2.41. The van der Waals surface area contributed by atoms with Crippen molar-refractivity contribution in [2.75, 3.05) is 33.8 Å². The van der Waals surface area contributed by atoms with Gasteiger partial charge in [-0.2, -0.15) is 26.3 Å². The molecule has 0 N–H and O–H groups in total. The lowest BCUT2D eigenvalue weighted by molar-refractivity contribution is -0.890. The van der Waals surface area contributed by atoms with Gasteiger partial charge in [-0.3, -0.25) is 0 Å². The zero-order valence-corrected chi connectivity index (χ0v) is 26.1. The highest BCUT2D eigenvalue weighted by atomic mass is 32.3. The van der Waals surface area contributed by atoms with E-state index in [4.69, 9.17) is 4.74 Å². The molecule has 0 fully saturated rings. The first-order valence-electron chi connectivity index (χ1n) is 13.6. The van der Waals surface area contributed by atoms with Crippen molar-refractivity contribution in [2.45, 2.75) is 108 Å². The number of halogens is 6.